The number of rotatable bonds is 13. The van der Waals surface area contributed by atoms with Crippen LogP contribution in [0.4, 0.5) is 45.5 Å². The fraction of sp³-hybridized carbons (Fsp3) is 0.303. The van der Waals surface area contributed by atoms with E-state index in [1.807, 2.05) is 0 Å². The van der Waals surface area contributed by atoms with Gasteiger partial charge in [0.2, 0.25) is 5.95 Å². The number of methoxy groups -OCH3 is 2. The molecule has 0 amide bonds. The van der Waals surface area contributed by atoms with Gasteiger partial charge in [0.05, 0.1) is 49.9 Å². The van der Waals surface area contributed by atoms with Crippen molar-refractivity contribution in [2.24, 2.45) is 0 Å². The summed E-state index contributed by atoms with van der Waals surface area (Å²) in [6.45, 7) is -1.30. The average Bonchev–Trinajstić information content (AvgIpc) is 3.05. The summed E-state index contributed by atoms with van der Waals surface area (Å²) in [6, 6.07) is 8.28. The van der Waals surface area contributed by atoms with E-state index in [2.05, 4.69) is 9.97 Å². The summed E-state index contributed by atoms with van der Waals surface area (Å²) in [5.41, 5.74) is -4.35. The second-order valence-corrected chi connectivity index (χ2v) is 10.8. The molecule has 3 aromatic carbocycles. The van der Waals surface area contributed by atoms with Crippen LogP contribution in [0.3, 0.4) is 0 Å². The van der Waals surface area contributed by atoms with E-state index in [1.165, 1.54) is 26.4 Å². The molecule has 4 rings (SSSR count). The van der Waals surface area contributed by atoms with Gasteiger partial charge >= 0.3 is 24.5 Å². The number of carboxylic acids is 1. The first kappa shape index (κ1) is 37.6. The first-order valence-corrected chi connectivity index (χ1v) is 14.5. The molecule has 0 aliphatic rings. The van der Waals surface area contributed by atoms with Crippen LogP contribution in [0.5, 0.6) is 17.2 Å². The minimum Gasteiger partial charge on any atom is -0.497 e. The van der Waals surface area contributed by atoms with Gasteiger partial charge in [-0.2, -0.15) is 39.5 Å². The van der Waals surface area contributed by atoms with Crippen molar-refractivity contribution in [3.05, 3.63) is 94.8 Å². The number of alkyl halides is 9. The van der Waals surface area contributed by atoms with E-state index >= 15 is 0 Å². The lowest BCUT2D eigenvalue weighted by Gasteiger charge is -2.26. The standard InChI is InChI=1S/C33H28F9N3O5/c1-48-24-6-8-28(49-2)27(14-24)26-7-5-21(31(34,35)36)12-20(26)18-45(30-43-15-25(16-44-30)50-9-3-4-29(46)47)17-19-10-22(32(37,38)39)13-23(11-19)33(40,41)42/h5-8,10-16H,3-4,9,17-18H2,1-2H3,(H,46,47). The summed E-state index contributed by atoms with van der Waals surface area (Å²) in [5.74, 6) is -0.742. The number of anilines is 1. The predicted molar refractivity (Wildman–Crippen MR) is 161 cm³/mol. The highest BCUT2D eigenvalue weighted by Crippen LogP contribution is 2.40. The summed E-state index contributed by atoms with van der Waals surface area (Å²) < 4.78 is 140. The maximum Gasteiger partial charge on any atom is 0.416 e. The zero-order valence-electron chi connectivity index (χ0n) is 26.2. The number of halogens is 9. The molecule has 1 N–H and O–H groups in total. The molecule has 268 valence electrons. The Morgan fingerprint density at radius 2 is 1.34 bits per heavy atom. The van der Waals surface area contributed by atoms with Gasteiger partial charge in [0.15, 0.2) is 5.75 Å². The van der Waals surface area contributed by atoms with E-state index in [1.54, 1.807) is 6.07 Å². The monoisotopic (exact) mass is 717 g/mol. The first-order valence-electron chi connectivity index (χ1n) is 14.5. The zero-order chi connectivity index (χ0) is 36.9. The fourth-order valence-corrected chi connectivity index (χ4v) is 4.88. The molecule has 0 spiro atoms. The zero-order valence-corrected chi connectivity index (χ0v) is 26.2. The molecule has 8 nitrogen and oxygen atoms in total. The quantitative estimate of drug-likeness (QED) is 0.109. The van der Waals surface area contributed by atoms with Gasteiger partial charge in [-0.25, -0.2) is 9.97 Å². The molecule has 0 radical (unpaired) electrons. The molecule has 0 saturated carbocycles. The van der Waals surface area contributed by atoms with E-state index in [4.69, 9.17) is 19.3 Å². The second kappa shape index (κ2) is 15.1. The minimum atomic E-state index is -5.16. The van der Waals surface area contributed by atoms with Crippen LogP contribution in [0.2, 0.25) is 0 Å². The molecule has 0 unspecified atom stereocenters. The van der Waals surface area contributed by atoms with Gasteiger partial charge in [0.25, 0.3) is 0 Å². The lowest BCUT2D eigenvalue weighted by molar-refractivity contribution is -0.143. The van der Waals surface area contributed by atoms with E-state index in [-0.39, 0.29) is 59.7 Å². The number of carboxylic acid groups (broad SMARTS) is 1. The highest BCUT2D eigenvalue weighted by molar-refractivity contribution is 5.75. The molecule has 0 saturated heterocycles. The van der Waals surface area contributed by atoms with Gasteiger partial charge in [0.1, 0.15) is 11.5 Å². The van der Waals surface area contributed by atoms with Crippen molar-refractivity contribution in [3.8, 4) is 28.4 Å². The van der Waals surface area contributed by atoms with Crippen molar-refractivity contribution >= 4 is 11.9 Å². The van der Waals surface area contributed by atoms with Crippen molar-refractivity contribution in [3.63, 3.8) is 0 Å². The molecule has 4 aromatic rings. The number of hydrogen-bond acceptors (Lipinski definition) is 7. The number of aliphatic carboxylic acids is 1. The molecule has 0 fully saturated rings. The van der Waals surface area contributed by atoms with Crippen LogP contribution in [0, 0.1) is 0 Å². The maximum absolute atomic E-state index is 14.0. The third-order valence-corrected chi connectivity index (χ3v) is 7.21. The normalized spacial score (nSPS) is 12.1. The summed E-state index contributed by atoms with van der Waals surface area (Å²) in [5, 5.41) is 8.80. The SMILES string of the molecule is COc1ccc(OC)c(-c2ccc(C(F)(F)F)cc2CN(Cc2cc(C(F)(F)F)cc(C(F)(F)F)c2)c2ncc(OCCCC(=O)O)cn2)c1. The molecule has 1 heterocycles. The molecule has 0 bridgehead atoms. The highest BCUT2D eigenvalue weighted by Gasteiger charge is 2.37. The number of carbonyl (C=O) groups is 1. The first-order chi connectivity index (χ1) is 23.4. The van der Waals surface area contributed by atoms with E-state index in [0.29, 0.717) is 17.9 Å². The van der Waals surface area contributed by atoms with Gasteiger partial charge in [-0.3, -0.25) is 4.79 Å². The van der Waals surface area contributed by atoms with E-state index < -0.39 is 59.8 Å². The van der Waals surface area contributed by atoms with Crippen molar-refractivity contribution in [1.82, 2.24) is 9.97 Å². The molecular formula is C33H28F9N3O5. The van der Waals surface area contributed by atoms with Crippen LogP contribution < -0.4 is 19.1 Å². The molecular weight excluding hydrogens is 689 g/mol. The van der Waals surface area contributed by atoms with Gasteiger partial charge in [-0.15, -0.1) is 0 Å². The Bertz CT molecular complexity index is 1760. The number of ether oxygens (including phenoxy) is 3. The van der Waals surface area contributed by atoms with Gasteiger partial charge in [-0.05, 0) is 71.6 Å². The summed E-state index contributed by atoms with van der Waals surface area (Å²) >= 11 is 0. The molecule has 0 aliphatic carbocycles. The van der Waals surface area contributed by atoms with Gasteiger partial charge < -0.3 is 24.2 Å². The number of benzene rings is 3. The van der Waals surface area contributed by atoms with Crippen LogP contribution in [0.1, 0.15) is 40.7 Å². The third-order valence-electron chi connectivity index (χ3n) is 7.21. The lowest BCUT2D eigenvalue weighted by Crippen LogP contribution is -2.25. The number of hydrogen-bond donors (Lipinski definition) is 1. The fourth-order valence-electron chi connectivity index (χ4n) is 4.88. The molecule has 50 heavy (non-hydrogen) atoms. The topological polar surface area (TPSA) is 94.0 Å². The molecule has 1 aromatic heterocycles. The Morgan fingerprint density at radius 3 is 1.88 bits per heavy atom. The smallest absolute Gasteiger partial charge is 0.416 e. The largest absolute Gasteiger partial charge is 0.497 e. The summed E-state index contributed by atoms with van der Waals surface area (Å²) in [6.07, 6.45) is -13.0. The van der Waals surface area contributed by atoms with E-state index in [9.17, 15) is 44.3 Å². The van der Waals surface area contributed by atoms with Gasteiger partial charge in [-0.1, -0.05) is 6.07 Å². The van der Waals surface area contributed by atoms with Crippen molar-refractivity contribution < 1.29 is 63.6 Å². The van der Waals surface area contributed by atoms with E-state index in [0.717, 1.165) is 35.5 Å². The second-order valence-electron chi connectivity index (χ2n) is 10.8. The minimum absolute atomic E-state index is 0.0409. The Hall–Kier alpha value is -5.22. The highest BCUT2D eigenvalue weighted by atomic mass is 19.4. The Kier molecular flexibility index (Phi) is 11.4. The Labute approximate surface area is 279 Å². The van der Waals surface area contributed by atoms with Crippen LogP contribution in [0.25, 0.3) is 11.1 Å². The number of nitrogens with zero attached hydrogens (tertiary/aromatic N) is 3. The van der Waals surface area contributed by atoms with Crippen LogP contribution in [-0.2, 0) is 36.4 Å². The molecule has 0 aliphatic heterocycles. The molecule has 0 atom stereocenters. The maximum atomic E-state index is 14.0. The number of aromatic nitrogens is 2. The summed E-state index contributed by atoms with van der Waals surface area (Å²) in [7, 11) is 2.69. The van der Waals surface area contributed by atoms with Crippen LogP contribution in [-0.4, -0.2) is 41.9 Å². The van der Waals surface area contributed by atoms with Crippen molar-refractivity contribution in [2.75, 3.05) is 25.7 Å². The summed E-state index contributed by atoms with van der Waals surface area (Å²) in [4.78, 5) is 20.1. The Morgan fingerprint density at radius 1 is 0.720 bits per heavy atom. The Balaban J connectivity index is 1.86. The lowest BCUT2D eigenvalue weighted by atomic mass is 9.95. The van der Waals surface area contributed by atoms with Crippen LogP contribution >= 0.6 is 0 Å². The van der Waals surface area contributed by atoms with Crippen molar-refractivity contribution in [2.45, 2.75) is 44.5 Å². The average molecular weight is 718 g/mol. The van der Waals surface area contributed by atoms with Crippen molar-refractivity contribution in [1.29, 1.82) is 0 Å². The van der Waals surface area contributed by atoms with Gasteiger partial charge in [0, 0.05) is 25.1 Å². The molecule has 17 heteroatoms. The third kappa shape index (κ3) is 9.69. The predicted octanol–water partition coefficient (Wildman–Crippen LogP) is 8.67. The van der Waals surface area contributed by atoms with Crippen LogP contribution in [0.15, 0.2) is 67.0 Å².